The fraction of sp³-hybridized carbons (Fsp3) is 0.200. The Bertz CT molecular complexity index is 779. The lowest BCUT2D eigenvalue weighted by molar-refractivity contribution is 0.912. The largest absolute Gasteiger partial charge is 0.235 e. The van der Waals surface area contributed by atoms with Gasteiger partial charge in [-0.25, -0.2) is 9.97 Å². The van der Waals surface area contributed by atoms with Gasteiger partial charge < -0.3 is 0 Å². The Labute approximate surface area is 120 Å². The van der Waals surface area contributed by atoms with Crippen molar-refractivity contribution in [2.45, 2.75) is 19.3 Å². The third-order valence-electron chi connectivity index (χ3n) is 3.72. The first-order chi connectivity index (χ1) is 9.33. The van der Waals surface area contributed by atoms with Gasteiger partial charge in [0.05, 0.1) is 10.2 Å². The van der Waals surface area contributed by atoms with E-state index < -0.39 is 0 Å². The number of hydrogen-bond donors (Lipinski definition) is 0. The van der Waals surface area contributed by atoms with Crippen LogP contribution in [-0.2, 0) is 12.8 Å². The van der Waals surface area contributed by atoms with E-state index in [1.54, 1.807) is 11.3 Å². The van der Waals surface area contributed by atoms with Gasteiger partial charge in [-0.15, -0.1) is 11.3 Å². The summed E-state index contributed by atoms with van der Waals surface area (Å²) >= 11 is 7.72. The standard InChI is InChI=1S/C15H11ClN2S/c16-15-14-13(17-8-18-15)12(7-19-14)11-5-4-9-2-1-3-10(9)6-11/h4-8H,1-3H2. The first-order valence-corrected chi connectivity index (χ1v) is 7.58. The molecule has 0 unspecified atom stereocenters. The van der Waals surface area contributed by atoms with Crippen molar-refractivity contribution >= 4 is 33.2 Å². The van der Waals surface area contributed by atoms with Crippen molar-refractivity contribution in [2.24, 2.45) is 0 Å². The molecule has 2 aromatic heterocycles. The number of rotatable bonds is 1. The number of thiophene rings is 1. The molecule has 4 rings (SSSR count). The van der Waals surface area contributed by atoms with Crippen LogP contribution in [0, 0.1) is 0 Å². The molecule has 1 aliphatic rings. The number of fused-ring (bicyclic) bond motifs is 2. The second-order valence-electron chi connectivity index (χ2n) is 4.83. The topological polar surface area (TPSA) is 25.8 Å². The van der Waals surface area contributed by atoms with Crippen molar-refractivity contribution in [3.63, 3.8) is 0 Å². The highest BCUT2D eigenvalue weighted by molar-refractivity contribution is 7.18. The van der Waals surface area contributed by atoms with Crippen LogP contribution in [0.15, 0.2) is 29.9 Å². The predicted molar refractivity (Wildman–Crippen MR) is 79.9 cm³/mol. The van der Waals surface area contributed by atoms with Crippen molar-refractivity contribution in [1.29, 1.82) is 0 Å². The van der Waals surface area contributed by atoms with Crippen LogP contribution in [0.4, 0.5) is 0 Å². The molecule has 19 heavy (non-hydrogen) atoms. The lowest BCUT2D eigenvalue weighted by Crippen LogP contribution is -1.85. The number of aromatic nitrogens is 2. The minimum Gasteiger partial charge on any atom is -0.235 e. The molecule has 0 saturated carbocycles. The van der Waals surface area contributed by atoms with Gasteiger partial charge >= 0.3 is 0 Å². The average molecular weight is 287 g/mol. The van der Waals surface area contributed by atoms with E-state index in [0.29, 0.717) is 5.15 Å². The fourth-order valence-corrected chi connectivity index (χ4v) is 3.94. The summed E-state index contributed by atoms with van der Waals surface area (Å²) in [6, 6.07) is 6.76. The minimum atomic E-state index is 0.544. The van der Waals surface area contributed by atoms with E-state index in [0.717, 1.165) is 10.2 Å². The third-order valence-corrected chi connectivity index (χ3v) is 5.09. The Morgan fingerprint density at radius 3 is 2.95 bits per heavy atom. The molecule has 1 aromatic carbocycles. The van der Waals surface area contributed by atoms with E-state index in [2.05, 4.69) is 33.5 Å². The van der Waals surface area contributed by atoms with Crippen LogP contribution in [0.1, 0.15) is 17.5 Å². The lowest BCUT2D eigenvalue weighted by Gasteiger charge is -2.04. The molecule has 0 fully saturated rings. The maximum atomic E-state index is 6.11. The predicted octanol–water partition coefficient (Wildman–Crippen LogP) is 4.50. The quantitative estimate of drug-likeness (QED) is 0.616. The molecule has 0 spiro atoms. The van der Waals surface area contributed by atoms with Gasteiger partial charge in [-0.3, -0.25) is 0 Å². The van der Waals surface area contributed by atoms with E-state index in [1.165, 1.54) is 47.8 Å². The van der Waals surface area contributed by atoms with Gasteiger partial charge in [-0.2, -0.15) is 0 Å². The summed E-state index contributed by atoms with van der Waals surface area (Å²) in [5, 5.41) is 2.67. The maximum absolute atomic E-state index is 6.11. The zero-order valence-corrected chi connectivity index (χ0v) is 11.8. The number of hydrogen-bond acceptors (Lipinski definition) is 3. The van der Waals surface area contributed by atoms with E-state index in [4.69, 9.17) is 11.6 Å². The summed E-state index contributed by atoms with van der Waals surface area (Å²) in [5.74, 6) is 0. The molecule has 0 saturated heterocycles. The van der Waals surface area contributed by atoms with Crippen LogP contribution in [0.25, 0.3) is 21.3 Å². The Morgan fingerprint density at radius 1 is 1.11 bits per heavy atom. The normalized spacial score (nSPS) is 13.9. The van der Waals surface area contributed by atoms with Crippen molar-refractivity contribution in [2.75, 3.05) is 0 Å². The molecule has 1 aliphatic carbocycles. The lowest BCUT2D eigenvalue weighted by atomic mass is 10.0. The summed E-state index contributed by atoms with van der Waals surface area (Å²) in [6.45, 7) is 0. The number of nitrogens with zero attached hydrogens (tertiary/aromatic N) is 2. The molecular formula is C15H11ClN2S. The molecule has 2 heterocycles. The third kappa shape index (κ3) is 1.77. The van der Waals surface area contributed by atoms with Gasteiger partial charge in [0.25, 0.3) is 0 Å². The minimum absolute atomic E-state index is 0.544. The Kier molecular flexibility index (Phi) is 2.57. The summed E-state index contributed by atoms with van der Waals surface area (Å²) in [7, 11) is 0. The molecule has 0 radical (unpaired) electrons. The molecule has 3 aromatic rings. The van der Waals surface area contributed by atoms with E-state index in [1.807, 2.05) is 0 Å². The summed E-state index contributed by atoms with van der Waals surface area (Å²) in [4.78, 5) is 8.42. The second-order valence-corrected chi connectivity index (χ2v) is 6.07. The van der Waals surface area contributed by atoms with Gasteiger partial charge in [0.2, 0.25) is 0 Å². The number of benzene rings is 1. The number of halogens is 1. The van der Waals surface area contributed by atoms with Crippen LogP contribution in [0.3, 0.4) is 0 Å². The van der Waals surface area contributed by atoms with Gasteiger partial charge in [-0.05, 0) is 36.0 Å². The van der Waals surface area contributed by atoms with Gasteiger partial charge in [0.15, 0.2) is 0 Å². The van der Waals surface area contributed by atoms with Crippen molar-refractivity contribution in [1.82, 2.24) is 9.97 Å². The van der Waals surface area contributed by atoms with E-state index in [-0.39, 0.29) is 0 Å². The second kappa shape index (κ2) is 4.29. The molecule has 4 heteroatoms. The van der Waals surface area contributed by atoms with Crippen LogP contribution in [0.5, 0.6) is 0 Å². The Morgan fingerprint density at radius 2 is 2.00 bits per heavy atom. The highest BCUT2D eigenvalue weighted by Crippen LogP contribution is 2.36. The summed E-state index contributed by atoms with van der Waals surface area (Å²) in [5.41, 5.74) is 6.34. The molecule has 0 aliphatic heterocycles. The highest BCUT2D eigenvalue weighted by Gasteiger charge is 2.15. The molecule has 94 valence electrons. The van der Waals surface area contributed by atoms with Crippen LogP contribution >= 0.6 is 22.9 Å². The average Bonchev–Trinajstić information content (AvgIpc) is 3.04. The summed E-state index contributed by atoms with van der Waals surface area (Å²) < 4.78 is 0.972. The molecule has 0 atom stereocenters. The molecule has 0 amide bonds. The monoisotopic (exact) mass is 286 g/mol. The first-order valence-electron chi connectivity index (χ1n) is 6.33. The fourth-order valence-electron chi connectivity index (χ4n) is 2.77. The van der Waals surface area contributed by atoms with Crippen molar-refractivity contribution < 1.29 is 0 Å². The van der Waals surface area contributed by atoms with Gasteiger partial charge in [0.1, 0.15) is 11.5 Å². The Hall–Kier alpha value is -1.45. The van der Waals surface area contributed by atoms with Crippen LogP contribution < -0.4 is 0 Å². The zero-order chi connectivity index (χ0) is 12.8. The van der Waals surface area contributed by atoms with Crippen molar-refractivity contribution in [3.05, 3.63) is 46.2 Å². The van der Waals surface area contributed by atoms with Crippen LogP contribution in [0.2, 0.25) is 5.15 Å². The molecule has 0 N–H and O–H groups in total. The highest BCUT2D eigenvalue weighted by atomic mass is 35.5. The van der Waals surface area contributed by atoms with Crippen molar-refractivity contribution in [3.8, 4) is 11.1 Å². The van der Waals surface area contributed by atoms with Gasteiger partial charge in [-0.1, -0.05) is 29.8 Å². The van der Waals surface area contributed by atoms with E-state index in [9.17, 15) is 0 Å². The maximum Gasteiger partial charge on any atom is 0.150 e. The molecule has 2 nitrogen and oxygen atoms in total. The van der Waals surface area contributed by atoms with Gasteiger partial charge in [0, 0.05) is 10.9 Å². The SMILES string of the molecule is Clc1ncnc2c(-c3ccc4c(c3)CCC4)csc12. The summed E-state index contributed by atoms with van der Waals surface area (Å²) in [6.07, 6.45) is 5.22. The van der Waals surface area contributed by atoms with Crippen LogP contribution in [-0.4, -0.2) is 9.97 Å². The number of aryl methyl sites for hydroxylation is 2. The smallest absolute Gasteiger partial charge is 0.150 e. The Balaban J connectivity index is 1.93. The van der Waals surface area contributed by atoms with E-state index >= 15 is 0 Å². The molecular weight excluding hydrogens is 276 g/mol. The zero-order valence-electron chi connectivity index (χ0n) is 10.2. The first kappa shape index (κ1) is 11.4. The molecule has 0 bridgehead atoms.